The monoisotopic (exact) mass is 251 g/mol. The lowest BCUT2D eigenvalue weighted by Crippen LogP contribution is -2.33. The number of allylic oxidation sites excluding steroid dienone is 3. The van der Waals surface area contributed by atoms with E-state index in [1.165, 1.54) is 0 Å². The molecule has 98 valence electrons. The maximum Gasteiger partial charge on any atom is 0.430 e. The smallest absolute Gasteiger partial charge is 0.430 e. The van der Waals surface area contributed by atoms with Gasteiger partial charge in [0.1, 0.15) is 11.8 Å². The van der Waals surface area contributed by atoms with Crippen molar-refractivity contribution in [2.75, 3.05) is 13.1 Å². The lowest BCUT2D eigenvalue weighted by atomic mass is 10.1. The Bertz CT molecular complexity index is 306. The SMILES string of the molecule is N/C(=C\C=C(/N)OC1CCNCC1)C(F)(F)F. The molecule has 0 radical (unpaired) electrons. The Hall–Kier alpha value is -1.37. The molecule has 0 aromatic rings. The number of alkyl halides is 3. The van der Waals surface area contributed by atoms with Crippen LogP contribution in [-0.4, -0.2) is 25.4 Å². The fourth-order valence-corrected chi connectivity index (χ4v) is 1.41. The number of rotatable bonds is 3. The number of ether oxygens (including phenoxy) is 1. The van der Waals surface area contributed by atoms with Gasteiger partial charge in [-0.2, -0.15) is 13.2 Å². The summed E-state index contributed by atoms with van der Waals surface area (Å²) in [7, 11) is 0. The van der Waals surface area contributed by atoms with Crippen molar-refractivity contribution in [1.29, 1.82) is 0 Å². The Morgan fingerprint density at radius 2 is 1.76 bits per heavy atom. The van der Waals surface area contributed by atoms with E-state index in [9.17, 15) is 13.2 Å². The van der Waals surface area contributed by atoms with E-state index in [0.717, 1.165) is 32.0 Å². The van der Waals surface area contributed by atoms with Crippen LogP contribution in [0.5, 0.6) is 0 Å². The third kappa shape index (κ3) is 4.99. The van der Waals surface area contributed by atoms with Gasteiger partial charge in [-0.15, -0.1) is 0 Å². The second-order valence-corrected chi connectivity index (χ2v) is 3.76. The van der Waals surface area contributed by atoms with Crippen LogP contribution in [0, 0.1) is 0 Å². The van der Waals surface area contributed by atoms with Crippen molar-refractivity contribution in [2.24, 2.45) is 11.5 Å². The Morgan fingerprint density at radius 1 is 1.18 bits per heavy atom. The maximum atomic E-state index is 12.0. The van der Waals surface area contributed by atoms with Crippen LogP contribution < -0.4 is 16.8 Å². The third-order valence-electron chi connectivity index (χ3n) is 2.34. The number of piperidine rings is 1. The molecule has 1 aliphatic heterocycles. The van der Waals surface area contributed by atoms with Crippen molar-refractivity contribution in [3.8, 4) is 0 Å². The summed E-state index contributed by atoms with van der Waals surface area (Å²) >= 11 is 0. The Balaban J connectivity index is 2.48. The lowest BCUT2D eigenvalue weighted by Gasteiger charge is -2.23. The van der Waals surface area contributed by atoms with Crippen molar-refractivity contribution >= 4 is 0 Å². The van der Waals surface area contributed by atoms with Gasteiger partial charge in [-0.3, -0.25) is 0 Å². The molecule has 0 aromatic heterocycles. The minimum atomic E-state index is -4.54. The first-order chi connectivity index (χ1) is 7.89. The lowest BCUT2D eigenvalue weighted by molar-refractivity contribution is -0.0926. The highest BCUT2D eigenvalue weighted by molar-refractivity contribution is 5.15. The topological polar surface area (TPSA) is 73.3 Å². The van der Waals surface area contributed by atoms with E-state index in [4.69, 9.17) is 16.2 Å². The minimum Gasteiger partial charge on any atom is -0.476 e. The van der Waals surface area contributed by atoms with E-state index < -0.39 is 11.9 Å². The number of halogens is 3. The Kier molecular flexibility index (Phi) is 4.68. The van der Waals surface area contributed by atoms with Crippen molar-refractivity contribution in [1.82, 2.24) is 5.32 Å². The molecule has 5 N–H and O–H groups in total. The van der Waals surface area contributed by atoms with Crippen LogP contribution in [0.15, 0.2) is 23.7 Å². The zero-order valence-electron chi connectivity index (χ0n) is 9.26. The number of hydrogen-bond donors (Lipinski definition) is 3. The summed E-state index contributed by atoms with van der Waals surface area (Å²) in [5.41, 5.74) is 9.05. The van der Waals surface area contributed by atoms with E-state index in [0.29, 0.717) is 6.08 Å². The van der Waals surface area contributed by atoms with E-state index in [1.54, 1.807) is 0 Å². The molecule has 0 saturated carbocycles. The van der Waals surface area contributed by atoms with Crippen LogP contribution in [0.2, 0.25) is 0 Å². The van der Waals surface area contributed by atoms with Crippen molar-refractivity contribution in [2.45, 2.75) is 25.1 Å². The number of nitrogens with one attached hydrogen (secondary N) is 1. The van der Waals surface area contributed by atoms with Crippen LogP contribution in [0.25, 0.3) is 0 Å². The quantitative estimate of drug-likeness (QED) is 0.516. The molecule has 0 atom stereocenters. The van der Waals surface area contributed by atoms with Gasteiger partial charge < -0.3 is 21.5 Å². The fourth-order valence-electron chi connectivity index (χ4n) is 1.41. The van der Waals surface area contributed by atoms with Crippen LogP contribution in [-0.2, 0) is 4.74 Å². The van der Waals surface area contributed by atoms with Crippen LogP contribution in [0.1, 0.15) is 12.8 Å². The molecule has 1 rings (SSSR count). The van der Waals surface area contributed by atoms with E-state index in [1.807, 2.05) is 0 Å². The van der Waals surface area contributed by atoms with Crippen LogP contribution in [0.4, 0.5) is 13.2 Å². The molecule has 4 nitrogen and oxygen atoms in total. The van der Waals surface area contributed by atoms with Gasteiger partial charge in [-0.1, -0.05) is 0 Å². The average molecular weight is 251 g/mol. The third-order valence-corrected chi connectivity index (χ3v) is 2.34. The molecule has 17 heavy (non-hydrogen) atoms. The molecule has 0 amide bonds. The highest BCUT2D eigenvalue weighted by atomic mass is 19.4. The van der Waals surface area contributed by atoms with Crippen molar-refractivity contribution in [3.05, 3.63) is 23.7 Å². The molecule has 0 bridgehead atoms. The maximum absolute atomic E-state index is 12.0. The second-order valence-electron chi connectivity index (χ2n) is 3.76. The summed E-state index contributed by atoms with van der Waals surface area (Å²) < 4.78 is 41.4. The predicted octanol–water partition coefficient (Wildman–Crippen LogP) is 0.960. The zero-order chi connectivity index (χ0) is 12.9. The highest BCUT2D eigenvalue weighted by Crippen LogP contribution is 2.21. The average Bonchev–Trinajstić information content (AvgIpc) is 2.26. The molecular formula is C10H16F3N3O. The molecule has 1 saturated heterocycles. The van der Waals surface area contributed by atoms with Gasteiger partial charge in [0, 0.05) is 0 Å². The molecule has 0 unspecified atom stereocenters. The number of hydrogen-bond acceptors (Lipinski definition) is 4. The van der Waals surface area contributed by atoms with E-state index in [-0.39, 0.29) is 12.0 Å². The molecule has 0 aromatic carbocycles. The van der Waals surface area contributed by atoms with Crippen molar-refractivity contribution in [3.63, 3.8) is 0 Å². The first-order valence-electron chi connectivity index (χ1n) is 5.27. The summed E-state index contributed by atoms with van der Waals surface area (Å²) in [6.07, 6.45) is -1.28. The van der Waals surface area contributed by atoms with Gasteiger partial charge in [0.25, 0.3) is 0 Å². The van der Waals surface area contributed by atoms with E-state index >= 15 is 0 Å². The van der Waals surface area contributed by atoms with E-state index in [2.05, 4.69) is 5.32 Å². The Labute approximate surface area is 97.5 Å². The summed E-state index contributed by atoms with van der Waals surface area (Å²) in [6.45, 7) is 1.64. The Morgan fingerprint density at radius 3 is 2.29 bits per heavy atom. The molecule has 1 heterocycles. The van der Waals surface area contributed by atoms with Gasteiger partial charge >= 0.3 is 6.18 Å². The van der Waals surface area contributed by atoms with Gasteiger partial charge in [0.05, 0.1) is 0 Å². The number of nitrogens with two attached hydrogens (primary N) is 2. The first-order valence-corrected chi connectivity index (χ1v) is 5.27. The second kappa shape index (κ2) is 5.81. The van der Waals surface area contributed by atoms with Crippen LogP contribution in [0.3, 0.4) is 0 Å². The standard InChI is InChI=1S/C10H16F3N3O/c11-10(12,13)8(14)1-2-9(15)17-7-3-5-16-6-4-7/h1-2,7,16H,3-6,14-15H2/b8-1-,9-2+. The first kappa shape index (κ1) is 13.7. The normalized spacial score (nSPS) is 20.4. The molecule has 0 spiro atoms. The highest BCUT2D eigenvalue weighted by Gasteiger charge is 2.30. The van der Waals surface area contributed by atoms with Gasteiger partial charge in [0.15, 0.2) is 5.88 Å². The molecular weight excluding hydrogens is 235 g/mol. The molecule has 0 aliphatic carbocycles. The predicted molar refractivity (Wildman–Crippen MR) is 57.6 cm³/mol. The van der Waals surface area contributed by atoms with Crippen molar-refractivity contribution < 1.29 is 17.9 Å². The molecule has 1 fully saturated rings. The molecule has 1 aliphatic rings. The summed E-state index contributed by atoms with van der Waals surface area (Å²) in [6, 6.07) is 0. The summed E-state index contributed by atoms with van der Waals surface area (Å²) in [5.74, 6) is -0.0518. The zero-order valence-corrected chi connectivity index (χ0v) is 9.26. The fraction of sp³-hybridized carbons (Fsp3) is 0.600. The van der Waals surface area contributed by atoms with Gasteiger partial charge in [0.2, 0.25) is 0 Å². The molecule has 7 heteroatoms. The minimum absolute atomic E-state index is 0.0481. The largest absolute Gasteiger partial charge is 0.476 e. The van der Waals surface area contributed by atoms with Gasteiger partial charge in [-0.25, -0.2) is 0 Å². The van der Waals surface area contributed by atoms with Crippen LogP contribution >= 0.6 is 0 Å². The van der Waals surface area contributed by atoms with Gasteiger partial charge in [-0.05, 0) is 38.1 Å². The summed E-state index contributed by atoms with van der Waals surface area (Å²) in [5, 5.41) is 3.14. The summed E-state index contributed by atoms with van der Waals surface area (Å²) in [4.78, 5) is 0.